The highest BCUT2D eigenvalue weighted by Gasteiger charge is 2.57. The first kappa shape index (κ1) is 24.0. The lowest BCUT2D eigenvalue weighted by Gasteiger charge is -2.54. The van der Waals surface area contributed by atoms with Gasteiger partial charge >= 0.3 is 0 Å². The summed E-state index contributed by atoms with van der Waals surface area (Å²) in [5.74, 6) is 4.03. The topological polar surface area (TPSA) is 49.7 Å². The molecule has 0 heterocycles. The Morgan fingerprint density at radius 2 is 1.79 bits per heavy atom. The number of benzene rings is 2. The average Bonchev–Trinajstić information content (AvgIpc) is 3.15. The average molecular weight is 483 g/mol. The summed E-state index contributed by atoms with van der Waals surface area (Å²) in [6.07, 6.45) is 9.52. The van der Waals surface area contributed by atoms with Gasteiger partial charge in [0.05, 0.1) is 12.7 Å². The number of ether oxygens (including phenoxy) is 1. The third kappa shape index (κ3) is 4.46. The zero-order valence-electron chi connectivity index (χ0n) is 20.4. The minimum atomic E-state index is -0.205. The molecule has 0 aromatic heterocycles. The number of unbranched alkanes of at least 4 members (excludes halogenated alkanes) is 3. The first-order chi connectivity index (χ1) is 16.5. The van der Waals surface area contributed by atoms with E-state index in [1.165, 1.54) is 23.1 Å². The van der Waals surface area contributed by atoms with Crippen LogP contribution in [0.2, 0.25) is 0 Å². The summed E-state index contributed by atoms with van der Waals surface area (Å²) in [6.45, 7) is 3.09. The summed E-state index contributed by atoms with van der Waals surface area (Å²) in [6, 6.07) is 14.8. The standard InChI is InChI=1S/C30H39ClO3/c1-30-19-26(20-6-10-23(11-7-20)34-17-5-3-2-4-16-31)29-24-13-9-22(32)18-21(24)8-12-25(29)27(30)14-15-28(30)33/h6-7,9-11,13,18,25-29,32-33H,2-5,8,12,14-17,19H2,1H3/t25-,26+,27-,28-,29+,30-/m0/s1. The zero-order valence-corrected chi connectivity index (χ0v) is 21.1. The molecule has 0 unspecified atom stereocenters. The SMILES string of the molecule is C[C@]12C[C@H](c3ccc(OCCCCCCCl)cc3)[C@@H]3c4ccc(O)cc4CC[C@H]3[C@@H]1CC[C@@H]2O. The van der Waals surface area contributed by atoms with Crippen molar-refractivity contribution in [2.75, 3.05) is 12.5 Å². The Morgan fingerprint density at radius 3 is 2.59 bits per heavy atom. The van der Waals surface area contributed by atoms with Crippen molar-refractivity contribution in [3.8, 4) is 11.5 Å². The molecule has 184 valence electrons. The lowest BCUT2D eigenvalue weighted by molar-refractivity contribution is -0.0323. The summed E-state index contributed by atoms with van der Waals surface area (Å²) < 4.78 is 6.01. The van der Waals surface area contributed by atoms with Gasteiger partial charge in [0.1, 0.15) is 11.5 Å². The lowest BCUT2D eigenvalue weighted by atomic mass is 9.51. The monoisotopic (exact) mass is 482 g/mol. The molecule has 0 amide bonds. The molecule has 2 fully saturated rings. The van der Waals surface area contributed by atoms with E-state index >= 15 is 0 Å². The lowest BCUT2D eigenvalue weighted by Crippen LogP contribution is -2.47. The number of phenolic OH excluding ortho intramolecular Hbond substituents is 1. The number of aliphatic hydroxyl groups excluding tert-OH is 1. The van der Waals surface area contributed by atoms with E-state index in [0.29, 0.717) is 29.4 Å². The summed E-state index contributed by atoms with van der Waals surface area (Å²) in [5.41, 5.74) is 4.06. The summed E-state index contributed by atoms with van der Waals surface area (Å²) in [5, 5.41) is 21.1. The van der Waals surface area contributed by atoms with Crippen LogP contribution >= 0.6 is 11.6 Å². The van der Waals surface area contributed by atoms with E-state index in [-0.39, 0.29) is 11.5 Å². The molecule has 34 heavy (non-hydrogen) atoms. The minimum absolute atomic E-state index is 0.0154. The van der Waals surface area contributed by atoms with Crippen molar-refractivity contribution < 1.29 is 14.9 Å². The predicted molar refractivity (Wildman–Crippen MR) is 138 cm³/mol. The van der Waals surface area contributed by atoms with Crippen molar-refractivity contribution in [1.82, 2.24) is 0 Å². The van der Waals surface area contributed by atoms with E-state index in [0.717, 1.165) is 69.6 Å². The molecular weight excluding hydrogens is 444 g/mol. The van der Waals surface area contributed by atoms with E-state index in [9.17, 15) is 10.2 Å². The molecule has 0 bridgehead atoms. The molecule has 3 aliphatic rings. The molecule has 3 nitrogen and oxygen atoms in total. The van der Waals surface area contributed by atoms with Crippen molar-refractivity contribution in [3.63, 3.8) is 0 Å². The van der Waals surface area contributed by atoms with Crippen molar-refractivity contribution >= 4 is 11.6 Å². The first-order valence-corrected chi connectivity index (χ1v) is 13.8. The largest absolute Gasteiger partial charge is 0.508 e. The second-order valence-corrected chi connectivity index (χ2v) is 11.5. The number of rotatable bonds is 8. The molecule has 5 rings (SSSR count). The van der Waals surface area contributed by atoms with Crippen LogP contribution in [0.1, 0.15) is 86.8 Å². The third-order valence-electron chi connectivity index (χ3n) is 9.27. The fourth-order valence-electron chi connectivity index (χ4n) is 7.54. The first-order valence-electron chi connectivity index (χ1n) is 13.3. The molecule has 0 saturated heterocycles. The van der Waals surface area contributed by atoms with Crippen LogP contribution in [0, 0.1) is 17.3 Å². The quantitative estimate of drug-likeness (QED) is 0.309. The minimum Gasteiger partial charge on any atom is -0.508 e. The van der Waals surface area contributed by atoms with Crippen LogP contribution in [-0.2, 0) is 6.42 Å². The number of hydrogen-bond acceptors (Lipinski definition) is 3. The molecule has 0 aliphatic heterocycles. The van der Waals surface area contributed by atoms with Crippen LogP contribution in [-0.4, -0.2) is 28.8 Å². The highest BCUT2D eigenvalue weighted by Crippen LogP contribution is 2.65. The second-order valence-electron chi connectivity index (χ2n) is 11.1. The normalized spacial score (nSPS) is 32.0. The van der Waals surface area contributed by atoms with Gasteiger partial charge in [-0.2, -0.15) is 0 Å². The van der Waals surface area contributed by atoms with Crippen molar-refractivity contribution in [2.24, 2.45) is 17.3 Å². The number of aliphatic hydroxyl groups is 1. The smallest absolute Gasteiger partial charge is 0.119 e. The molecule has 2 N–H and O–H groups in total. The van der Waals surface area contributed by atoms with Gasteiger partial charge in [-0.15, -0.1) is 11.6 Å². The van der Waals surface area contributed by atoms with Crippen LogP contribution in [0.25, 0.3) is 0 Å². The molecule has 2 saturated carbocycles. The van der Waals surface area contributed by atoms with Crippen molar-refractivity contribution in [3.05, 3.63) is 59.2 Å². The maximum Gasteiger partial charge on any atom is 0.119 e. The van der Waals surface area contributed by atoms with Gasteiger partial charge in [0.2, 0.25) is 0 Å². The molecule has 0 radical (unpaired) electrons. The van der Waals surface area contributed by atoms with Gasteiger partial charge in [-0.05, 0) is 115 Å². The van der Waals surface area contributed by atoms with Gasteiger partial charge in [-0.25, -0.2) is 0 Å². The maximum atomic E-state index is 11.0. The number of hydrogen-bond donors (Lipinski definition) is 2. The van der Waals surface area contributed by atoms with Crippen LogP contribution in [0.5, 0.6) is 11.5 Å². The second kappa shape index (κ2) is 10.1. The fraction of sp³-hybridized carbons (Fsp3) is 0.600. The maximum absolute atomic E-state index is 11.0. The van der Waals surface area contributed by atoms with Crippen molar-refractivity contribution in [1.29, 1.82) is 0 Å². The van der Waals surface area contributed by atoms with E-state index in [1.807, 2.05) is 12.1 Å². The summed E-state index contributed by atoms with van der Waals surface area (Å²) >= 11 is 5.76. The Hall–Kier alpha value is -1.71. The number of aryl methyl sites for hydroxylation is 1. The van der Waals surface area contributed by atoms with E-state index in [4.69, 9.17) is 16.3 Å². The van der Waals surface area contributed by atoms with Crippen LogP contribution in [0.4, 0.5) is 0 Å². The number of phenols is 1. The molecule has 4 heteroatoms. The van der Waals surface area contributed by atoms with Gasteiger partial charge in [-0.3, -0.25) is 0 Å². The molecule has 0 spiro atoms. The molecule has 6 atom stereocenters. The molecule has 3 aliphatic carbocycles. The van der Waals surface area contributed by atoms with Gasteiger partial charge in [0.15, 0.2) is 0 Å². The summed E-state index contributed by atoms with van der Waals surface area (Å²) in [4.78, 5) is 0. The third-order valence-corrected chi connectivity index (χ3v) is 9.54. The van der Waals surface area contributed by atoms with E-state index < -0.39 is 0 Å². The molecule has 2 aromatic rings. The molecule has 2 aromatic carbocycles. The van der Waals surface area contributed by atoms with E-state index in [1.54, 1.807) is 0 Å². The van der Waals surface area contributed by atoms with Gasteiger partial charge in [0.25, 0.3) is 0 Å². The summed E-state index contributed by atoms with van der Waals surface area (Å²) in [7, 11) is 0. The Bertz CT molecular complexity index is 974. The van der Waals surface area contributed by atoms with Gasteiger partial charge in [-0.1, -0.05) is 38.0 Å². The van der Waals surface area contributed by atoms with Crippen LogP contribution < -0.4 is 4.74 Å². The van der Waals surface area contributed by atoms with Gasteiger partial charge in [0, 0.05) is 5.88 Å². The Kier molecular flexibility index (Phi) is 7.14. The number of alkyl halides is 1. The number of halogens is 1. The zero-order chi connectivity index (χ0) is 23.7. The number of fused-ring (bicyclic) bond motifs is 5. The Labute approximate surface area is 209 Å². The Balaban J connectivity index is 1.38. The van der Waals surface area contributed by atoms with Crippen LogP contribution in [0.15, 0.2) is 42.5 Å². The number of aromatic hydroxyl groups is 1. The van der Waals surface area contributed by atoms with Crippen molar-refractivity contribution in [2.45, 2.75) is 82.7 Å². The highest BCUT2D eigenvalue weighted by molar-refractivity contribution is 6.17. The van der Waals surface area contributed by atoms with E-state index in [2.05, 4.69) is 37.3 Å². The Morgan fingerprint density at radius 1 is 1.00 bits per heavy atom. The highest BCUT2D eigenvalue weighted by atomic mass is 35.5. The molecular formula is C30H39ClO3. The van der Waals surface area contributed by atoms with Crippen LogP contribution in [0.3, 0.4) is 0 Å². The predicted octanol–water partition coefficient (Wildman–Crippen LogP) is 7.18. The van der Waals surface area contributed by atoms with Gasteiger partial charge < -0.3 is 14.9 Å². The fourth-order valence-corrected chi connectivity index (χ4v) is 7.73.